The lowest BCUT2D eigenvalue weighted by Gasteiger charge is -2.30. The molecule has 7 nitrogen and oxygen atoms in total. The van der Waals surface area contributed by atoms with Gasteiger partial charge < -0.3 is 9.84 Å². The lowest BCUT2D eigenvalue weighted by molar-refractivity contribution is -0.118. The van der Waals surface area contributed by atoms with E-state index in [-0.39, 0.29) is 18.3 Å². The van der Waals surface area contributed by atoms with Gasteiger partial charge in [0.15, 0.2) is 0 Å². The first-order chi connectivity index (χ1) is 12.2. The van der Waals surface area contributed by atoms with E-state index in [1.807, 2.05) is 25.1 Å². The van der Waals surface area contributed by atoms with E-state index in [4.69, 9.17) is 4.52 Å². The van der Waals surface area contributed by atoms with Crippen molar-refractivity contribution >= 4 is 24.2 Å². The summed E-state index contributed by atoms with van der Waals surface area (Å²) in [6, 6.07) is 7.96. The zero-order valence-corrected chi connectivity index (χ0v) is 15.8. The van der Waals surface area contributed by atoms with Crippen LogP contribution < -0.4 is 10.6 Å². The molecule has 0 aromatic carbocycles. The van der Waals surface area contributed by atoms with Gasteiger partial charge in [-0.25, -0.2) is 0 Å². The molecule has 0 saturated carbocycles. The third-order valence-electron chi connectivity index (χ3n) is 4.39. The zero-order chi connectivity index (χ0) is 17.5. The number of pyridine rings is 1. The minimum absolute atomic E-state index is 0. The van der Waals surface area contributed by atoms with Crippen LogP contribution in [0.1, 0.15) is 30.7 Å². The third-order valence-corrected chi connectivity index (χ3v) is 4.39. The number of aryl methyl sites for hydroxylation is 1. The van der Waals surface area contributed by atoms with E-state index < -0.39 is 0 Å². The number of rotatable bonds is 6. The summed E-state index contributed by atoms with van der Waals surface area (Å²) in [5.74, 6) is 0.298. The fourth-order valence-electron chi connectivity index (χ4n) is 3.16. The maximum absolute atomic E-state index is 12.5. The fourth-order valence-corrected chi connectivity index (χ4v) is 3.16. The molecule has 1 fully saturated rings. The normalized spacial score (nSPS) is 17.4. The Morgan fingerprint density at radius 3 is 3.00 bits per heavy atom. The van der Waals surface area contributed by atoms with Crippen LogP contribution >= 0.6 is 12.4 Å². The van der Waals surface area contributed by atoms with Crippen LogP contribution in [-0.4, -0.2) is 46.6 Å². The van der Waals surface area contributed by atoms with Crippen molar-refractivity contribution in [3.05, 3.63) is 41.9 Å². The molecule has 2 aromatic rings. The first-order valence-electron chi connectivity index (χ1n) is 8.78. The van der Waals surface area contributed by atoms with Gasteiger partial charge in [0.1, 0.15) is 0 Å². The number of hydrogen-bond acceptors (Lipinski definition) is 6. The molecule has 1 unspecified atom stereocenters. The summed E-state index contributed by atoms with van der Waals surface area (Å²) < 4.78 is 5.08. The Morgan fingerprint density at radius 1 is 1.38 bits per heavy atom. The van der Waals surface area contributed by atoms with E-state index in [0.29, 0.717) is 25.0 Å². The van der Waals surface area contributed by atoms with Crippen molar-refractivity contribution in [3.63, 3.8) is 0 Å². The minimum Gasteiger partial charge on any atom is -0.338 e. The molecule has 1 aliphatic heterocycles. The Hall–Kier alpha value is -1.96. The van der Waals surface area contributed by atoms with Crippen molar-refractivity contribution in [1.29, 1.82) is 0 Å². The summed E-state index contributed by atoms with van der Waals surface area (Å²) in [6.45, 7) is 4.81. The SMILES string of the molecule is Cc1cc(NC(=O)CN(Cc2ccccn2)C2CCCNCC2)on1.Cl. The molecule has 3 rings (SSSR count). The second kappa shape index (κ2) is 10.3. The highest BCUT2D eigenvalue weighted by Gasteiger charge is 2.23. The van der Waals surface area contributed by atoms with Crippen LogP contribution in [-0.2, 0) is 11.3 Å². The average molecular weight is 380 g/mol. The lowest BCUT2D eigenvalue weighted by Crippen LogP contribution is -2.41. The Bertz CT molecular complexity index is 671. The molecule has 0 spiro atoms. The van der Waals surface area contributed by atoms with E-state index in [2.05, 4.69) is 25.7 Å². The van der Waals surface area contributed by atoms with Crippen LogP contribution in [0.15, 0.2) is 35.0 Å². The summed E-state index contributed by atoms with van der Waals surface area (Å²) in [5.41, 5.74) is 1.72. The second-order valence-electron chi connectivity index (χ2n) is 6.44. The Labute approximate surface area is 159 Å². The Balaban J connectivity index is 0.00000243. The van der Waals surface area contributed by atoms with Gasteiger partial charge in [-0.15, -0.1) is 12.4 Å². The number of nitrogens with zero attached hydrogens (tertiary/aromatic N) is 3. The molecule has 2 aromatic heterocycles. The number of carbonyl (C=O) groups excluding carboxylic acids is 1. The van der Waals surface area contributed by atoms with E-state index in [0.717, 1.165) is 43.7 Å². The quantitative estimate of drug-likeness (QED) is 0.801. The smallest absolute Gasteiger partial charge is 0.240 e. The van der Waals surface area contributed by atoms with E-state index in [1.165, 1.54) is 0 Å². The van der Waals surface area contributed by atoms with Crippen LogP contribution in [0.4, 0.5) is 5.88 Å². The van der Waals surface area contributed by atoms with Gasteiger partial charge in [0.2, 0.25) is 11.8 Å². The van der Waals surface area contributed by atoms with Crippen LogP contribution in [0.3, 0.4) is 0 Å². The van der Waals surface area contributed by atoms with E-state index in [9.17, 15) is 4.79 Å². The maximum atomic E-state index is 12.5. The Morgan fingerprint density at radius 2 is 2.27 bits per heavy atom. The molecule has 1 aliphatic rings. The second-order valence-corrected chi connectivity index (χ2v) is 6.44. The predicted octanol–water partition coefficient (Wildman–Crippen LogP) is 2.38. The highest BCUT2D eigenvalue weighted by molar-refractivity contribution is 5.91. The largest absolute Gasteiger partial charge is 0.338 e. The number of nitrogens with one attached hydrogen (secondary N) is 2. The highest BCUT2D eigenvalue weighted by Crippen LogP contribution is 2.17. The van der Waals surface area contributed by atoms with Crippen LogP contribution in [0.2, 0.25) is 0 Å². The number of amides is 1. The van der Waals surface area contributed by atoms with Gasteiger partial charge in [-0.05, 0) is 51.4 Å². The Kier molecular flexibility index (Phi) is 8.03. The fraction of sp³-hybridized carbons (Fsp3) is 0.500. The van der Waals surface area contributed by atoms with Gasteiger partial charge in [-0.1, -0.05) is 11.2 Å². The van der Waals surface area contributed by atoms with E-state index >= 15 is 0 Å². The molecule has 142 valence electrons. The monoisotopic (exact) mass is 379 g/mol. The summed E-state index contributed by atoms with van der Waals surface area (Å²) in [5, 5.41) is 10.0. The highest BCUT2D eigenvalue weighted by atomic mass is 35.5. The van der Waals surface area contributed by atoms with Crippen LogP contribution in [0, 0.1) is 6.92 Å². The molecule has 8 heteroatoms. The van der Waals surface area contributed by atoms with Crippen molar-refractivity contribution in [2.24, 2.45) is 0 Å². The molecule has 26 heavy (non-hydrogen) atoms. The van der Waals surface area contributed by atoms with Crippen molar-refractivity contribution in [2.45, 2.75) is 38.8 Å². The number of anilines is 1. The van der Waals surface area contributed by atoms with Gasteiger partial charge in [0.25, 0.3) is 0 Å². The number of hydrogen-bond donors (Lipinski definition) is 2. The van der Waals surface area contributed by atoms with Crippen molar-refractivity contribution in [2.75, 3.05) is 25.0 Å². The van der Waals surface area contributed by atoms with Gasteiger partial charge in [-0.2, -0.15) is 0 Å². The number of carbonyl (C=O) groups is 1. The molecule has 0 radical (unpaired) electrons. The number of aromatic nitrogens is 2. The third kappa shape index (κ3) is 6.09. The zero-order valence-electron chi connectivity index (χ0n) is 15.0. The van der Waals surface area contributed by atoms with Gasteiger partial charge in [0, 0.05) is 24.8 Å². The van der Waals surface area contributed by atoms with Crippen molar-refractivity contribution in [1.82, 2.24) is 20.4 Å². The first-order valence-corrected chi connectivity index (χ1v) is 8.78. The lowest BCUT2D eigenvalue weighted by atomic mass is 10.1. The maximum Gasteiger partial charge on any atom is 0.240 e. The van der Waals surface area contributed by atoms with Crippen molar-refractivity contribution in [3.8, 4) is 0 Å². The molecule has 0 aliphatic carbocycles. The van der Waals surface area contributed by atoms with Crippen LogP contribution in [0.5, 0.6) is 0 Å². The molecule has 1 atom stereocenters. The van der Waals surface area contributed by atoms with Crippen LogP contribution in [0.25, 0.3) is 0 Å². The molecule has 1 saturated heterocycles. The van der Waals surface area contributed by atoms with Gasteiger partial charge >= 0.3 is 0 Å². The summed E-state index contributed by atoms with van der Waals surface area (Å²) in [4.78, 5) is 19.1. The number of halogens is 1. The average Bonchev–Trinajstić information content (AvgIpc) is 2.86. The molecule has 0 bridgehead atoms. The standard InChI is InChI=1S/C18H25N5O2.ClH/c1-14-11-18(25-22-14)21-17(24)13-23(12-15-5-2-3-9-20-15)16-6-4-8-19-10-7-16;/h2-3,5,9,11,16,19H,4,6-8,10,12-13H2,1H3,(H,21,24);1H. The summed E-state index contributed by atoms with van der Waals surface area (Å²) >= 11 is 0. The van der Waals surface area contributed by atoms with Gasteiger partial charge in [0.05, 0.1) is 17.9 Å². The molecule has 3 heterocycles. The van der Waals surface area contributed by atoms with E-state index in [1.54, 1.807) is 12.3 Å². The minimum atomic E-state index is -0.0933. The molecule has 2 N–H and O–H groups in total. The summed E-state index contributed by atoms with van der Waals surface area (Å²) in [7, 11) is 0. The molecule has 1 amide bonds. The summed E-state index contributed by atoms with van der Waals surface area (Å²) in [6.07, 6.45) is 5.02. The van der Waals surface area contributed by atoms with Crippen molar-refractivity contribution < 1.29 is 9.32 Å². The predicted molar refractivity (Wildman–Crippen MR) is 102 cm³/mol. The molecular formula is C18H26ClN5O2. The first kappa shape index (κ1) is 20.4. The van der Waals surface area contributed by atoms with Gasteiger partial charge in [-0.3, -0.25) is 20.0 Å². The molecular weight excluding hydrogens is 354 g/mol. The topological polar surface area (TPSA) is 83.3 Å².